The van der Waals surface area contributed by atoms with E-state index in [1.807, 2.05) is 4.90 Å². The molecule has 15 heteroatoms. The van der Waals surface area contributed by atoms with Crippen LogP contribution in [0.2, 0.25) is 0 Å². The number of anilines is 2. The Kier molecular flexibility index (Phi) is 6.97. The standard InChI is InChI=1S/C33H32F8N6O/c1-15-21(33(39,40)41)18(10-20(42)22(15)34)25-24(36)26-19(12-43-25)29(47-8-3-2-4-17-23(35)27(17)47)45-30(44-26)48-14-32-11-16(28(37)38)13-46(32)9-7-31(32)5-6-31/h10,12,17,23,27H,2-9,11,13-14,42H2,1H3/t17-,23-,27-,32-/m0/s1. The second kappa shape index (κ2) is 10.6. The minimum atomic E-state index is -5.08. The van der Waals surface area contributed by atoms with Crippen molar-refractivity contribution in [3.05, 3.63) is 46.7 Å². The maximum absolute atomic E-state index is 16.6. The molecule has 3 aromatic rings. The number of aromatic nitrogens is 3. The number of nitrogens with zero attached hydrogens (tertiary/aromatic N) is 5. The number of benzene rings is 1. The van der Waals surface area contributed by atoms with Crippen LogP contribution in [-0.2, 0) is 6.18 Å². The van der Waals surface area contributed by atoms with E-state index in [1.54, 1.807) is 4.90 Å². The van der Waals surface area contributed by atoms with Crippen molar-refractivity contribution in [1.82, 2.24) is 19.9 Å². The summed E-state index contributed by atoms with van der Waals surface area (Å²) in [5, 5.41) is 0.0358. The highest BCUT2D eigenvalue weighted by atomic mass is 19.4. The van der Waals surface area contributed by atoms with Gasteiger partial charge in [-0.1, -0.05) is 6.42 Å². The van der Waals surface area contributed by atoms with Crippen LogP contribution < -0.4 is 15.4 Å². The van der Waals surface area contributed by atoms with Crippen LogP contribution in [-0.4, -0.2) is 63.8 Å². The molecule has 256 valence electrons. The quantitative estimate of drug-likeness (QED) is 0.223. The Morgan fingerprint density at radius 2 is 1.85 bits per heavy atom. The summed E-state index contributed by atoms with van der Waals surface area (Å²) >= 11 is 0. The summed E-state index contributed by atoms with van der Waals surface area (Å²) in [5.41, 5.74) is -0.0384. The molecule has 2 N–H and O–H groups in total. The minimum Gasteiger partial charge on any atom is -0.461 e. The molecule has 3 saturated heterocycles. The van der Waals surface area contributed by atoms with Gasteiger partial charge in [0.2, 0.25) is 0 Å². The summed E-state index contributed by atoms with van der Waals surface area (Å²) in [5.74, 6) is -2.65. The largest absolute Gasteiger partial charge is 0.461 e. The van der Waals surface area contributed by atoms with Crippen molar-refractivity contribution in [3.63, 3.8) is 0 Å². The van der Waals surface area contributed by atoms with E-state index in [4.69, 9.17) is 10.5 Å². The third-order valence-electron chi connectivity index (χ3n) is 11.5. The molecule has 5 fully saturated rings. The van der Waals surface area contributed by atoms with Crippen LogP contribution in [0, 0.1) is 29.9 Å². The molecule has 1 aromatic carbocycles. The van der Waals surface area contributed by atoms with Crippen LogP contribution in [0.5, 0.6) is 6.01 Å². The zero-order valence-electron chi connectivity index (χ0n) is 25.9. The maximum atomic E-state index is 16.6. The summed E-state index contributed by atoms with van der Waals surface area (Å²) in [7, 11) is 0. The molecule has 4 atom stereocenters. The molecular weight excluding hydrogens is 648 g/mol. The molecule has 3 aliphatic heterocycles. The topological polar surface area (TPSA) is 80.4 Å². The van der Waals surface area contributed by atoms with Crippen molar-refractivity contribution in [1.29, 1.82) is 0 Å². The Labute approximate surface area is 270 Å². The minimum absolute atomic E-state index is 0.0358. The van der Waals surface area contributed by atoms with Gasteiger partial charge in [-0.05, 0) is 69.0 Å². The first kappa shape index (κ1) is 31.5. The fourth-order valence-electron chi connectivity index (χ4n) is 8.74. The summed E-state index contributed by atoms with van der Waals surface area (Å²) in [6.07, 6.45) is -2.06. The molecule has 0 amide bonds. The van der Waals surface area contributed by atoms with Crippen LogP contribution >= 0.6 is 0 Å². The molecule has 1 spiro atoms. The van der Waals surface area contributed by atoms with Crippen LogP contribution in [0.1, 0.15) is 56.1 Å². The van der Waals surface area contributed by atoms with Crippen molar-refractivity contribution < 1.29 is 39.9 Å². The van der Waals surface area contributed by atoms with Gasteiger partial charge < -0.3 is 15.4 Å². The predicted molar refractivity (Wildman–Crippen MR) is 160 cm³/mol. The number of nitrogens with two attached hydrogens (primary N) is 1. The average molecular weight is 681 g/mol. The van der Waals surface area contributed by atoms with Crippen LogP contribution in [0.25, 0.3) is 22.2 Å². The van der Waals surface area contributed by atoms with Crippen molar-refractivity contribution >= 4 is 22.4 Å². The monoisotopic (exact) mass is 680 g/mol. The summed E-state index contributed by atoms with van der Waals surface area (Å²) in [6.45, 7) is 1.94. The highest BCUT2D eigenvalue weighted by molar-refractivity contribution is 5.93. The molecule has 2 aliphatic carbocycles. The molecule has 5 aliphatic rings. The number of ether oxygens (including phenoxy) is 1. The fraction of sp³-hybridized carbons (Fsp3) is 0.545. The van der Waals surface area contributed by atoms with Crippen molar-refractivity contribution in [2.24, 2.45) is 11.3 Å². The molecule has 0 unspecified atom stereocenters. The highest BCUT2D eigenvalue weighted by Crippen LogP contribution is 2.66. The number of nitrogen functional groups attached to an aromatic ring is 1. The van der Waals surface area contributed by atoms with E-state index < -0.39 is 75.2 Å². The van der Waals surface area contributed by atoms with E-state index in [2.05, 4.69) is 15.0 Å². The first-order valence-corrected chi connectivity index (χ1v) is 16.1. The van der Waals surface area contributed by atoms with Gasteiger partial charge in [0.05, 0.1) is 28.2 Å². The average Bonchev–Trinajstić information content (AvgIpc) is 3.90. The smallest absolute Gasteiger partial charge is 0.417 e. The lowest BCUT2D eigenvalue weighted by atomic mass is 9.80. The van der Waals surface area contributed by atoms with Gasteiger partial charge >= 0.3 is 12.2 Å². The summed E-state index contributed by atoms with van der Waals surface area (Å²) in [4.78, 5) is 16.7. The number of rotatable bonds is 5. The SMILES string of the molecule is Cc1c(F)c(N)cc(-c2ncc3c(N4CCCC[C@H]5[C@H](F)[C@H]54)nc(OC[C@]45CC(=C(F)F)CN4CCC54CC4)nc3c2F)c1C(F)(F)F. The molecule has 2 saturated carbocycles. The lowest BCUT2D eigenvalue weighted by Gasteiger charge is -2.36. The van der Waals surface area contributed by atoms with E-state index in [0.29, 0.717) is 32.0 Å². The maximum Gasteiger partial charge on any atom is 0.417 e. The van der Waals surface area contributed by atoms with Gasteiger partial charge in [0.25, 0.3) is 6.08 Å². The molecule has 2 aromatic heterocycles. The molecule has 8 rings (SSSR count). The van der Waals surface area contributed by atoms with E-state index in [1.165, 1.54) is 0 Å². The van der Waals surface area contributed by atoms with Crippen molar-refractivity contribution in [3.8, 4) is 17.3 Å². The molecule has 5 heterocycles. The van der Waals surface area contributed by atoms with E-state index in [-0.39, 0.29) is 53.7 Å². The number of halogens is 8. The summed E-state index contributed by atoms with van der Waals surface area (Å²) < 4.78 is 123. The Hall–Kier alpha value is -3.75. The zero-order chi connectivity index (χ0) is 33.9. The van der Waals surface area contributed by atoms with Crippen LogP contribution in [0.3, 0.4) is 0 Å². The Morgan fingerprint density at radius 1 is 1.08 bits per heavy atom. The molecule has 7 nitrogen and oxygen atoms in total. The molecule has 0 radical (unpaired) electrons. The van der Waals surface area contributed by atoms with Gasteiger partial charge in [-0.15, -0.1) is 0 Å². The number of fused-ring (bicyclic) bond motifs is 4. The van der Waals surface area contributed by atoms with Gasteiger partial charge in [0.15, 0.2) is 5.82 Å². The van der Waals surface area contributed by atoms with Gasteiger partial charge in [0, 0.05) is 36.3 Å². The zero-order valence-corrected chi connectivity index (χ0v) is 25.9. The van der Waals surface area contributed by atoms with Crippen LogP contribution in [0.4, 0.5) is 46.6 Å². The van der Waals surface area contributed by atoms with Crippen molar-refractivity contribution in [2.75, 3.05) is 36.9 Å². The highest BCUT2D eigenvalue weighted by Gasteiger charge is 2.68. The molecular formula is C33H32F8N6O. The number of alkyl halides is 4. The third-order valence-corrected chi connectivity index (χ3v) is 11.5. The van der Waals surface area contributed by atoms with Gasteiger partial charge in [-0.2, -0.15) is 31.9 Å². The van der Waals surface area contributed by atoms with Gasteiger partial charge in [0.1, 0.15) is 35.6 Å². The predicted octanol–water partition coefficient (Wildman–Crippen LogP) is 7.36. The Morgan fingerprint density at radius 3 is 2.56 bits per heavy atom. The Bertz CT molecular complexity index is 1880. The second-order valence-corrected chi connectivity index (χ2v) is 13.9. The second-order valence-electron chi connectivity index (χ2n) is 13.9. The van der Waals surface area contributed by atoms with E-state index >= 15 is 4.39 Å². The first-order chi connectivity index (χ1) is 22.8. The normalized spacial score (nSPS) is 27.7. The third kappa shape index (κ3) is 4.58. The number of hydrogen-bond acceptors (Lipinski definition) is 7. The first-order valence-electron chi connectivity index (χ1n) is 16.1. The number of pyridine rings is 1. The van der Waals surface area contributed by atoms with Crippen LogP contribution in [0.15, 0.2) is 23.9 Å². The fourth-order valence-corrected chi connectivity index (χ4v) is 8.74. The van der Waals surface area contributed by atoms with E-state index in [9.17, 15) is 30.7 Å². The lowest BCUT2D eigenvalue weighted by molar-refractivity contribution is -0.137. The van der Waals surface area contributed by atoms with Crippen molar-refractivity contribution in [2.45, 2.75) is 75.8 Å². The molecule has 0 bridgehead atoms. The van der Waals surface area contributed by atoms with E-state index in [0.717, 1.165) is 38.8 Å². The van der Waals surface area contributed by atoms with Gasteiger partial charge in [-0.25, -0.2) is 13.2 Å². The molecule has 48 heavy (non-hydrogen) atoms. The Balaban J connectivity index is 1.27. The van der Waals surface area contributed by atoms with Gasteiger partial charge in [-0.3, -0.25) is 9.88 Å². The number of hydrogen-bond donors (Lipinski definition) is 1. The lowest BCUT2D eigenvalue weighted by Crippen LogP contribution is -2.49. The summed E-state index contributed by atoms with van der Waals surface area (Å²) in [6, 6.07) is -0.158.